The fourth-order valence-corrected chi connectivity index (χ4v) is 2.73. The van der Waals surface area contributed by atoms with E-state index in [0.29, 0.717) is 11.6 Å². The summed E-state index contributed by atoms with van der Waals surface area (Å²) in [5.41, 5.74) is 6.41. The van der Waals surface area contributed by atoms with Gasteiger partial charge in [-0.1, -0.05) is 19.8 Å². The first-order valence-corrected chi connectivity index (χ1v) is 7.26. The number of benzene rings is 1. The highest BCUT2D eigenvalue weighted by atomic mass is 19.3. The predicted octanol–water partition coefficient (Wildman–Crippen LogP) is 4.39. The monoisotopic (exact) mass is 302 g/mol. The molecule has 2 atom stereocenters. The standard InChI is InChI=1S/C15H21F3N2O/c1-9-3-2-4-10(6-5-9)20-13-8-14(21-15(17)18)11(16)7-12(13)19/h7-10,15,20H,2-6,19H2,1H3. The summed E-state index contributed by atoms with van der Waals surface area (Å²) in [7, 11) is 0. The molecule has 2 unspecified atom stereocenters. The molecule has 1 saturated carbocycles. The Balaban J connectivity index is 2.11. The SMILES string of the molecule is CC1CCCC(Nc2cc(OC(F)F)c(F)cc2N)CC1. The summed E-state index contributed by atoms with van der Waals surface area (Å²) in [6.45, 7) is -0.835. The van der Waals surface area contributed by atoms with Crippen LogP contribution in [0, 0.1) is 11.7 Å². The molecule has 0 amide bonds. The van der Waals surface area contributed by atoms with Crippen LogP contribution in [-0.2, 0) is 0 Å². The number of halogens is 3. The van der Waals surface area contributed by atoms with E-state index in [9.17, 15) is 13.2 Å². The van der Waals surface area contributed by atoms with E-state index in [1.165, 1.54) is 12.5 Å². The van der Waals surface area contributed by atoms with Crippen LogP contribution in [0.25, 0.3) is 0 Å². The third kappa shape index (κ3) is 4.44. The van der Waals surface area contributed by atoms with E-state index < -0.39 is 18.2 Å². The van der Waals surface area contributed by atoms with Gasteiger partial charge in [0.25, 0.3) is 0 Å². The smallest absolute Gasteiger partial charge is 0.387 e. The fourth-order valence-electron chi connectivity index (χ4n) is 2.73. The van der Waals surface area contributed by atoms with Gasteiger partial charge in [-0.25, -0.2) is 4.39 Å². The lowest BCUT2D eigenvalue weighted by Crippen LogP contribution is -2.19. The lowest BCUT2D eigenvalue weighted by Gasteiger charge is -2.20. The summed E-state index contributed by atoms with van der Waals surface area (Å²) in [6, 6.07) is 2.45. The topological polar surface area (TPSA) is 47.3 Å². The van der Waals surface area contributed by atoms with Crippen LogP contribution in [0.15, 0.2) is 12.1 Å². The Bertz CT molecular complexity index is 482. The first-order chi connectivity index (χ1) is 9.95. The van der Waals surface area contributed by atoms with E-state index in [4.69, 9.17) is 5.73 Å². The zero-order chi connectivity index (χ0) is 15.4. The molecule has 21 heavy (non-hydrogen) atoms. The molecule has 0 saturated heterocycles. The lowest BCUT2D eigenvalue weighted by atomic mass is 10.0. The van der Waals surface area contributed by atoms with Crippen LogP contribution in [-0.4, -0.2) is 12.7 Å². The Morgan fingerprint density at radius 3 is 2.71 bits per heavy atom. The maximum absolute atomic E-state index is 13.5. The second-order valence-electron chi connectivity index (χ2n) is 5.70. The summed E-state index contributed by atoms with van der Waals surface area (Å²) in [4.78, 5) is 0. The number of nitrogen functional groups attached to an aromatic ring is 1. The van der Waals surface area contributed by atoms with Crippen molar-refractivity contribution in [1.29, 1.82) is 0 Å². The van der Waals surface area contributed by atoms with Gasteiger partial charge in [-0.05, 0) is 25.2 Å². The molecule has 0 radical (unpaired) electrons. The first kappa shape index (κ1) is 15.8. The lowest BCUT2D eigenvalue weighted by molar-refractivity contribution is -0.0521. The molecule has 1 aromatic carbocycles. The van der Waals surface area contributed by atoms with Gasteiger partial charge in [0.15, 0.2) is 11.6 Å². The maximum atomic E-state index is 13.5. The van der Waals surface area contributed by atoms with Crippen LogP contribution in [0.4, 0.5) is 24.5 Å². The van der Waals surface area contributed by atoms with E-state index >= 15 is 0 Å². The molecule has 6 heteroatoms. The molecule has 3 N–H and O–H groups in total. The van der Waals surface area contributed by atoms with E-state index in [1.807, 2.05) is 0 Å². The van der Waals surface area contributed by atoms with Gasteiger partial charge in [-0.15, -0.1) is 0 Å². The number of anilines is 2. The summed E-state index contributed by atoms with van der Waals surface area (Å²) < 4.78 is 42.2. The largest absolute Gasteiger partial charge is 0.432 e. The van der Waals surface area contributed by atoms with Gasteiger partial charge in [0, 0.05) is 18.2 Å². The van der Waals surface area contributed by atoms with E-state index in [-0.39, 0.29) is 11.7 Å². The van der Waals surface area contributed by atoms with Gasteiger partial charge >= 0.3 is 6.61 Å². The molecule has 2 rings (SSSR count). The predicted molar refractivity (Wildman–Crippen MR) is 77.1 cm³/mol. The second kappa shape index (κ2) is 6.91. The molecule has 1 aromatic rings. The number of hydrogen-bond acceptors (Lipinski definition) is 3. The van der Waals surface area contributed by atoms with Crippen molar-refractivity contribution in [3.8, 4) is 5.75 Å². The van der Waals surface area contributed by atoms with Crippen molar-refractivity contribution < 1.29 is 17.9 Å². The van der Waals surface area contributed by atoms with Crippen molar-refractivity contribution in [2.45, 2.75) is 51.7 Å². The zero-order valence-corrected chi connectivity index (χ0v) is 12.0. The molecule has 1 fully saturated rings. The molecule has 3 nitrogen and oxygen atoms in total. The highest BCUT2D eigenvalue weighted by Gasteiger charge is 2.19. The summed E-state index contributed by atoms with van der Waals surface area (Å²) in [6.07, 6.45) is 5.39. The maximum Gasteiger partial charge on any atom is 0.387 e. The van der Waals surface area contributed by atoms with Gasteiger partial charge in [0.2, 0.25) is 0 Å². The Labute approximate surface area is 122 Å². The fraction of sp³-hybridized carbons (Fsp3) is 0.600. The minimum atomic E-state index is -3.06. The summed E-state index contributed by atoms with van der Waals surface area (Å²) >= 11 is 0. The minimum Gasteiger partial charge on any atom is -0.432 e. The van der Waals surface area contributed by atoms with Crippen LogP contribution in [0.2, 0.25) is 0 Å². The Kier molecular flexibility index (Phi) is 5.20. The van der Waals surface area contributed by atoms with Gasteiger partial charge in [-0.3, -0.25) is 0 Å². The van der Waals surface area contributed by atoms with Crippen LogP contribution < -0.4 is 15.8 Å². The van der Waals surface area contributed by atoms with Crippen molar-refractivity contribution >= 4 is 11.4 Å². The van der Waals surface area contributed by atoms with E-state index in [1.54, 1.807) is 0 Å². The Hall–Kier alpha value is -1.59. The number of nitrogens with one attached hydrogen (secondary N) is 1. The van der Waals surface area contributed by atoms with Crippen molar-refractivity contribution in [3.63, 3.8) is 0 Å². The minimum absolute atomic E-state index is 0.200. The van der Waals surface area contributed by atoms with Crippen molar-refractivity contribution in [2.75, 3.05) is 11.1 Å². The first-order valence-electron chi connectivity index (χ1n) is 7.26. The average Bonchev–Trinajstić information content (AvgIpc) is 2.60. The second-order valence-corrected chi connectivity index (χ2v) is 5.70. The van der Waals surface area contributed by atoms with Gasteiger partial charge in [-0.2, -0.15) is 8.78 Å². The van der Waals surface area contributed by atoms with Crippen LogP contribution >= 0.6 is 0 Å². The third-order valence-electron chi connectivity index (χ3n) is 3.94. The van der Waals surface area contributed by atoms with E-state index in [0.717, 1.165) is 31.7 Å². The molecule has 118 valence electrons. The zero-order valence-electron chi connectivity index (χ0n) is 12.0. The molecule has 1 aliphatic carbocycles. The molecule has 0 spiro atoms. The normalized spacial score (nSPS) is 22.9. The number of alkyl halides is 2. The van der Waals surface area contributed by atoms with Crippen molar-refractivity contribution in [1.82, 2.24) is 0 Å². The number of hydrogen-bond donors (Lipinski definition) is 2. The Morgan fingerprint density at radius 1 is 1.24 bits per heavy atom. The van der Waals surface area contributed by atoms with Gasteiger partial charge in [0.05, 0.1) is 11.4 Å². The van der Waals surface area contributed by atoms with E-state index in [2.05, 4.69) is 17.0 Å². The van der Waals surface area contributed by atoms with Gasteiger partial charge < -0.3 is 15.8 Å². The molecule has 0 aliphatic heterocycles. The molecular formula is C15H21F3N2O. The summed E-state index contributed by atoms with van der Waals surface area (Å²) in [5, 5.41) is 3.23. The molecule has 0 aromatic heterocycles. The third-order valence-corrected chi connectivity index (χ3v) is 3.94. The van der Waals surface area contributed by atoms with Crippen LogP contribution in [0.3, 0.4) is 0 Å². The molecule has 0 heterocycles. The molecule has 0 bridgehead atoms. The number of ether oxygens (including phenoxy) is 1. The highest BCUT2D eigenvalue weighted by molar-refractivity contribution is 5.69. The quantitative estimate of drug-likeness (QED) is 0.640. The average molecular weight is 302 g/mol. The van der Waals surface area contributed by atoms with Crippen LogP contribution in [0.1, 0.15) is 39.0 Å². The molecular weight excluding hydrogens is 281 g/mol. The number of rotatable bonds is 4. The molecule has 1 aliphatic rings. The summed E-state index contributed by atoms with van der Waals surface area (Å²) in [5.74, 6) is -0.670. The van der Waals surface area contributed by atoms with Crippen molar-refractivity contribution in [3.05, 3.63) is 17.9 Å². The Morgan fingerprint density at radius 2 is 2.00 bits per heavy atom. The highest BCUT2D eigenvalue weighted by Crippen LogP contribution is 2.32. The van der Waals surface area contributed by atoms with Crippen LogP contribution in [0.5, 0.6) is 5.75 Å². The van der Waals surface area contributed by atoms with Gasteiger partial charge in [0.1, 0.15) is 0 Å². The number of nitrogens with two attached hydrogens (primary N) is 1. The van der Waals surface area contributed by atoms with Crippen molar-refractivity contribution in [2.24, 2.45) is 5.92 Å².